The standard InChI is InChI=1S/C11H17N3O4/c1-4-14(5-2)9(15)6-13(3)11-12-8(7-18-11)10(16)17/h7H,4-6H2,1-3H3,(H,16,17). The van der Waals surface area contributed by atoms with Crippen LogP contribution < -0.4 is 4.90 Å². The summed E-state index contributed by atoms with van der Waals surface area (Å²) in [5, 5.41) is 8.71. The van der Waals surface area contributed by atoms with E-state index in [1.165, 1.54) is 4.90 Å². The zero-order valence-electron chi connectivity index (χ0n) is 10.7. The highest BCUT2D eigenvalue weighted by molar-refractivity contribution is 5.85. The maximum absolute atomic E-state index is 11.8. The lowest BCUT2D eigenvalue weighted by molar-refractivity contribution is -0.129. The second-order valence-electron chi connectivity index (χ2n) is 3.74. The summed E-state index contributed by atoms with van der Waals surface area (Å²) in [5.41, 5.74) is -0.174. The van der Waals surface area contributed by atoms with Gasteiger partial charge in [-0.1, -0.05) is 0 Å². The van der Waals surface area contributed by atoms with Crippen molar-refractivity contribution in [3.8, 4) is 0 Å². The van der Waals surface area contributed by atoms with E-state index in [0.717, 1.165) is 6.26 Å². The molecular formula is C11H17N3O4. The minimum absolute atomic E-state index is 0.0578. The Hall–Kier alpha value is -2.05. The zero-order chi connectivity index (χ0) is 13.7. The van der Waals surface area contributed by atoms with Crippen LogP contribution in [-0.2, 0) is 4.79 Å². The Kier molecular flexibility index (Phi) is 4.70. The lowest BCUT2D eigenvalue weighted by Gasteiger charge is -2.22. The first-order valence-corrected chi connectivity index (χ1v) is 5.67. The van der Waals surface area contributed by atoms with E-state index >= 15 is 0 Å². The summed E-state index contributed by atoms with van der Waals surface area (Å²) in [5.74, 6) is -1.22. The molecule has 1 rings (SSSR count). The molecule has 0 spiro atoms. The third kappa shape index (κ3) is 3.22. The van der Waals surface area contributed by atoms with Gasteiger partial charge in [0, 0.05) is 20.1 Å². The van der Waals surface area contributed by atoms with Gasteiger partial charge in [0.25, 0.3) is 6.01 Å². The molecule has 0 saturated carbocycles. The second-order valence-corrected chi connectivity index (χ2v) is 3.74. The number of nitrogens with zero attached hydrogens (tertiary/aromatic N) is 3. The van der Waals surface area contributed by atoms with E-state index in [-0.39, 0.29) is 24.2 Å². The van der Waals surface area contributed by atoms with Crippen LogP contribution in [0.1, 0.15) is 24.3 Å². The second kappa shape index (κ2) is 6.04. The van der Waals surface area contributed by atoms with Gasteiger partial charge < -0.3 is 19.3 Å². The Bertz CT molecular complexity index is 426. The summed E-state index contributed by atoms with van der Waals surface area (Å²) < 4.78 is 5.00. The van der Waals surface area contributed by atoms with Crippen molar-refractivity contribution < 1.29 is 19.1 Å². The molecule has 0 aliphatic rings. The summed E-state index contributed by atoms with van der Waals surface area (Å²) >= 11 is 0. The van der Waals surface area contributed by atoms with Crippen LogP contribution in [0.5, 0.6) is 0 Å². The molecule has 0 fully saturated rings. The zero-order valence-corrected chi connectivity index (χ0v) is 10.7. The fourth-order valence-corrected chi connectivity index (χ4v) is 1.48. The van der Waals surface area contributed by atoms with Crippen molar-refractivity contribution in [2.24, 2.45) is 0 Å². The van der Waals surface area contributed by atoms with Crippen LogP contribution >= 0.6 is 0 Å². The van der Waals surface area contributed by atoms with Gasteiger partial charge >= 0.3 is 5.97 Å². The fraction of sp³-hybridized carbons (Fsp3) is 0.545. The number of rotatable bonds is 6. The Morgan fingerprint density at radius 2 is 2.00 bits per heavy atom. The Morgan fingerprint density at radius 1 is 1.39 bits per heavy atom. The van der Waals surface area contributed by atoms with Gasteiger partial charge in [0.1, 0.15) is 12.8 Å². The number of carboxylic acids is 1. The van der Waals surface area contributed by atoms with Crippen molar-refractivity contribution in [3.63, 3.8) is 0 Å². The van der Waals surface area contributed by atoms with Crippen molar-refractivity contribution in [1.82, 2.24) is 9.88 Å². The molecule has 1 heterocycles. The van der Waals surface area contributed by atoms with Gasteiger partial charge in [-0.2, -0.15) is 4.98 Å². The van der Waals surface area contributed by atoms with Crippen LogP contribution in [0.2, 0.25) is 0 Å². The van der Waals surface area contributed by atoms with Crippen molar-refractivity contribution in [1.29, 1.82) is 0 Å². The minimum atomic E-state index is -1.16. The lowest BCUT2D eigenvalue weighted by Crippen LogP contribution is -2.38. The van der Waals surface area contributed by atoms with Gasteiger partial charge in [-0.05, 0) is 13.8 Å². The molecule has 1 amide bonds. The molecule has 0 atom stereocenters. The molecule has 0 bridgehead atoms. The van der Waals surface area contributed by atoms with E-state index in [2.05, 4.69) is 4.98 Å². The number of oxazole rings is 1. The first kappa shape index (κ1) is 14.0. The van der Waals surface area contributed by atoms with Crippen molar-refractivity contribution in [2.45, 2.75) is 13.8 Å². The van der Waals surface area contributed by atoms with Crippen LogP contribution in [0.4, 0.5) is 6.01 Å². The predicted octanol–water partition coefficient (Wildman–Crippen LogP) is 0.677. The van der Waals surface area contributed by atoms with Gasteiger partial charge in [-0.3, -0.25) is 4.79 Å². The highest BCUT2D eigenvalue weighted by atomic mass is 16.4. The van der Waals surface area contributed by atoms with Crippen molar-refractivity contribution in [2.75, 3.05) is 31.6 Å². The number of hydrogen-bond acceptors (Lipinski definition) is 5. The lowest BCUT2D eigenvalue weighted by atomic mass is 10.4. The minimum Gasteiger partial charge on any atom is -0.476 e. The Labute approximate surface area is 105 Å². The van der Waals surface area contributed by atoms with E-state index in [9.17, 15) is 9.59 Å². The number of carbonyl (C=O) groups excluding carboxylic acids is 1. The summed E-state index contributed by atoms with van der Waals surface area (Å²) in [7, 11) is 1.62. The van der Waals surface area contributed by atoms with Crippen LogP contribution in [0.15, 0.2) is 10.7 Å². The van der Waals surface area contributed by atoms with Crippen LogP contribution in [0.25, 0.3) is 0 Å². The topological polar surface area (TPSA) is 86.9 Å². The molecule has 100 valence electrons. The van der Waals surface area contributed by atoms with Crippen molar-refractivity contribution >= 4 is 17.9 Å². The molecule has 7 nitrogen and oxygen atoms in total. The molecule has 7 heteroatoms. The van der Waals surface area contributed by atoms with E-state index < -0.39 is 5.97 Å². The third-order valence-electron chi connectivity index (χ3n) is 2.53. The molecule has 1 N–H and O–H groups in total. The molecule has 1 aromatic rings. The molecule has 1 aromatic heterocycles. The number of aromatic nitrogens is 1. The van der Waals surface area contributed by atoms with E-state index in [1.807, 2.05) is 13.8 Å². The number of likely N-dealkylation sites (N-methyl/N-ethyl adjacent to an activating group) is 2. The van der Waals surface area contributed by atoms with Gasteiger partial charge in [-0.25, -0.2) is 4.79 Å². The Balaban J connectivity index is 2.66. The predicted molar refractivity (Wildman–Crippen MR) is 64.7 cm³/mol. The molecule has 18 heavy (non-hydrogen) atoms. The molecule has 0 aromatic carbocycles. The van der Waals surface area contributed by atoms with E-state index in [0.29, 0.717) is 13.1 Å². The fourth-order valence-electron chi connectivity index (χ4n) is 1.48. The molecule has 0 aliphatic carbocycles. The first-order valence-electron chi connectivity index (χ1n) is 5.67. The highest BCUT2D eigenvalue weighted by Crippen LogP contribution is 2.12. The first-order chi connectivity index (χ1) is 8.49. The summed E-state index contributed by atoms with van der Waals surface area (Å²) in [6, 6.07) is 0.118. The summed E-state index contributed by atoms with van der Waals surface area (Å²) in [4.78, 5) is 29.4. The van der Waals surface area contributed by atoms with E-state index in [1.54, 1.807) is 11.9 Å². The summed E-state index contributed by atoms with van der Waals surface area (Å²) in [6.07, 6.45) is 1.05. The molecule has 0 unspecified atom stereocenters. The maximum Gasteiger partial charge on any atom is 0.357 e. The molecular weight excluding hydrogens is 238 g/mol. The normalized spacial score (nSPS) is 10.2. The molecule has 0 saturated heterocycles. The van der Waals surface area contributed by atoms with Gasteiger partial charge in [0.15, 0.2) is 5.69 Å². The SMILES string of the molecule is CCN(CC)C(=O)CN(C)c1nc(C(=O)O)co1. The Morgan fingerprint density at radius 3 is 2.44 bits per heavy atom. The quantitative estimate of drug-likeness (QED) is 0.804. The number of carboxylic acid groups (broad SMARTS) is 1. The highest BCUT2D eigenvalue weighted by Gasteiger charge is 2.17. The van der Waals surface area contributed by atoms with Gasteiger partial charge in [0.05, 0.1) is 0 Å². The van der Waals surface area contributed by atoms with Crippen LogP contribution in [0.3, 0.4) is 0 Å². The molecule has 0 aliphatic heterocycles. The molecule has 0 radical (unpaired) electrons. The van der Waals surface area contributed by atoms with Crippen LogP contribution in [-0.4, -0.2) is 53.5 Å². The number of carbonyl (C=O) groups is 2. The number of aromatic carboxylic acids is 1. The van der Waals surface area contributed by atoms with Gasteiger partial charge in [-0.15, -0.1) is 0 Å². The average molecular weight is 255 g/mol. The summed E-state index contributed by atoms with van der Waals surface area (Å²) in [6.45, 7) is 5.16. The number of anilines is 1. The number of amides is 1. The largest absolute Gasteiger partial charge is 0.476 e. The average Bonchev–Trinajstić information content (AvgIpc) is 2.79. The van der Waals surface area contributed by atoms with Gasteiger partial charge in [0.2, 0.25) is 5.91 Å². The number of hydrogen-bond donors (Lipinski definition) is 1. The van der Waals surface area contributed by atoms with E-state index in [4.69, 9.17) is 9.52 Å². The smallest absolute Gasteiger partial charge is 0.357 e. The monoisotopic (exact) mass is 255 g/mol. The maximum atomic E-state index is 11.8. The van der Waals surface area contributed by atoms with Crippen LogP contribution in [0, 0.1) is 0 Å². The van der Waals surface area contributed by atoms with Crippen molar-refractivity contribution in [3.05, 3.63) is 12.0 Å². The third-order valence-corrected chi connectivity index (χ3v) is 2.53.